The molecule has 1 aliphatic heterocycles. The number of ether oxygens (including phenoxy) is 2. The lowest BCUT2D eigenvalue weighted by Gasteiger charge is -2.17. The molecule has 1 aromatic heterocycles. The highest BCUT2D eigenvalue weighted by Crippen LogP contribution is 2.34. The summed E-state index contributed by atoms with van der Waals surface area (Å²) < 4.78 is 12.3. The van der Waals surface area contributed by atoms with Crippen LogP contribution in [0.1, 0.15) is 20.8 Å². The van der Waals surface area contributed by atoms with Gasteiger partial charge in [0.2, 0.25) is 12.7 Å². The molecule has 0 radical (unpaired) electrons. The second-order valence-corrected chi connectivity index (χ2v) is 9.43. The maximum atomic E-state index is 13.1. The van der Waals surface area contributed by atoms with Crippen molar-refractivity contribution in [2.45, 2.75) is 37.7 Å². The van der Waals surface area contributed by atoms with Crippen LogP contribution >= 0.6 is 23.4 Å². The summed E-state index contributed by atoms with van der Waals surface area (Å²) in [5.41, 5.74) is 0.990. The van der Waals surface area contributed by atoms with Crippen LogP contribution in [0, 0.1) is 5.92 Å². The fourth-order valence-electron chi connectivity index (χ4n) is 3.22. The number of aromatic nitrogens is 2. The quantitative estimate of drug-likeness (QED) is 0.430. The Bertz CT molecular complexity index is 1210. The number of nitrogens with zero attached hydrogens (tertiary/aromatic N) is 2. The van der Waals surface area contributed by atoms with E-state index in [2.05, 4.69) is 10.3 Å². The van der Waals surface area contributed by atoms with Crippen molar-refractivity contribution in [1.29, 1.82) is 0 Å². The monoisotopic (exact) mass is 459 g/mol. The van der Waals surface area contributed by atoms with Crippen molar-refractivity contribution in [3.63, 3.8) is 0 Å². The SMILES string of the molecule is CC(C)Cn1c(S[C@@H](C)C(=O)Nc2ccc3c(c2)OCO3)nc2cc(Cl)ccc2c1=O. The minimum atomic E-state index is -0.493. The van der Waals surface area contributed by atoms with Crippen molar-refractivity contribution >= 4 is 45.9 Å². The Labute approximate surface area is 188 Å². The molecule has 1 atom stereocenters. The molecule has 2 aromatic carbocycles. The van der Waals surface area contributed by atoms with Crippen LogP contribution < -0.4 is 20.3 Å². The average Bonchev–Trinajstić information content (AvgIpc) is 3.18. The van der Waals surface area contributed by atoms with Crippen LogP contribution in [0.25, 0.3) is 10.9 Å². The molecule has 0 unspecified atom stereocenters. The molecule has 162 valence electrons. The van der Waals surface area contributed by atoms with E-state index in [1.54, 1.807) is 47.9 Å². The smallest absolute Gasteiger partial charge is 0.262 e. The molecular formula is C22H22ClN3O4S. The van der Waals surface area contributed by atoms with Crippen LogP contribution in [0.5, 0.6) is 11.5 Å². The van der Waals surface area contributed by atoms with Gasteiger partial charge >= 0.3 is 0 Å². The fourth-order valence-corrected chi connectivity index (χ4v) is 4.30. The highest BCUT2D eigenvalue weighted by Gasteiger charge is 2.21. The molecule has 0 fully saturated rings. The minimum Gasteiger partial charge on any atom is -0.454 e. The summed E-state index contributed by atoms with van der Waals surface area (Å²) in [5, 5.41) is 3.89. The number of halogens is 1. The zero-order valence-electron chi connectivity index (χ0n) is 17.3. The molecular weight excluding hydrogens is 438 g/mol. The lowest BCUT2D eigenvalue weighted by Crippen LogP contribution is -2.28. The van der Waals surface area contributed by atoms with Gasteiger partial charge in [-0.25, -0.2) is 4.98 Å². The van der Waals surface area contributed by atoms with Crippen LogP contribution in [0.2, 0.25) is 5.02 Å². The molecule has 7 nitrogen and oxygen atoms in total. The third-order valence-electron chi connectivity index (χ3n) is 4.72. The normalized spacial score (nSPS) is 13.6. The third-order valence-corrected chi connectivity index (χ3v) is 6.05. The third kappa shape index (κ3) is 4.65. The maximum absolute atomic E-state index is 13.1. The lowest BCUT2D eigenvalue weighted by atomic mass is 10.2. The molecule has 31 heavy (non-hydrogen) atoms. The molecule has 9 heteroatoms. The van der Waals surface area contributed by atoms with Gasteiger partial charge < -0.3 is 14.8 Å². The number of carbonyl (C=O) groups is 1. The van der Waals surface area contributed by atoms with E-state index in [9.17, 15) is 9.59 Å². The minimum absolute atomic E-state index is 0.138. The first-order valence-electron chi connectivity index (χ1n) is 9.89. The number of thioether (sulfide) groups is 1. The molecule has 1 aliphatic rings. The zero-order chi connectivity index (χ0) is 22.1. The van der Waals surface area contributed by atoms with Crippen LogP contribution in [-0.2, 0) is 11.3 Å². The Morgan fingerprint density at radius 3 is 2.74 bits per heavy atom. The highest BCUT2D eigenvalue weighted by molar-refractivity contribution is 8.00. The van der Waals surface area contributed by atoms with E-state index in [0.717, 1.165) is 0 Å². The van der Waals surface area contributed by atoms with Gasteiger partial charge in [0.1, 0.15) is 0 Å². The molecule has 0 aliphatic carbocycles. The summed E-state index contributed by atoms with van der Waals surface area (Å²) in [5.74, 6) is 1.27. The van der Waals surface area contributed by atoms with Crippen LogP contribution in [-0.4, -0.2) is 27.5 Å². The standard InChI is InChI=1S/C22H22ClN3O4S/c1-12(2)10-26-21(28)16-6-4-14(23)8-17(16)25-22(26)31-13(3)20(27)24-15-5-7-18-19(9-15)30-11-29-18/h4-9,12-13H,10-11H2,1-3H3,(H,24,27)/t13-/m0/s1. The molecule has 0 bridgehead atoms. The summed E-state index contributed by atoms with van der Waals surface area (Å²) >= 11 is 7.34. The van der Waals surface area contributed by atoms with Gasteiger partial charge in [0.25, 0.3) is 5.56 Å². The predicted octanol–water partition coefficient (Wildman–Crippen LogP) is 4.55. The van der Waals surface area contributed by atoms with Crippen LogP contribution in [0.15, 0.2) is 46.3 Å². The van der Waals surface area contributed by atoms with E-state index in [1.165, 1.54) is 11.8 Å². The van der Waals surface area contributed by atoms with Crippen molar-refractivity contribution in [1.82, 2.24) is 9.55 Å². The molecule has 0 saturated heterocycles. The summed E-state index contributed by atoms with van der Waals surface area (Å²) in [4.78, 5) is 30.6. The Morgan fingerprint density at radius 2 is 1.97 bits per heavy atom. The first-order chi connectivity index (χ1) is 14.8. The number of hydrogen-bond acceptors (Lipinski definition) is 6. The Kier molecular flexibility index (Phi) is 6.11. The van der Waals surface area contributed by atoms with E-state index >= 15 is 0 Å². The molecule has 4 rings (SSSR count). The number of amides is 1. The van der Waals surface area contributed by atoms with Gasteiger partial charge in [-0.05, 0) is 43.2 Å². The summed E-state index contributed by atoms with van der Waals surface area (Å²) in [6.07, 6.45) is 0. The first kappa shape index (κ1) is 21.5. The number of anilines is 1. The number of nitrogens with one attached hydrogen (secondary N) is 1. The largest absolute Gasteiger partial charge is 0.454 e. The van der Waals surface area contributed by atoms with Gasteiger partial charge in [-0.2, -0.15) is 0 Å². The van der Waals surface area contributed by atoms with Crippen molar-refractivity contribution < 1.29 is 14.3 Å². The average molecular weight is 460 g/mol. The maximum Gasteiger partial charge on any atom is 0.262 e. The van der Waals surface area contributed by atoms with E-state index < -0.39 is 5.25 Å². The number of hydrogen-bond donors (Lipinski definition) is 1. The van der Waals surface area contributed by atoms with Gasteiger partial charge in [0.15, 0.2) is 16.7 Å². The van der Waals surface area contributed by atoms with Crippen molar-refractivity contribution in [2.24, 2.45) is 5.92 Å². The molecule has 0 spiro atoms. The first-order valence-corrected chi connectivity index (χ1v) is 11.1. The Balaban J connectivity index is 1.60. The highest BCUT2D eigenvalue weighted by atomic mass is 35.5. The predicted molar refractivity (Wildman–Crippen MR) is 122 cm³/mol. The summed E-state index contributed by atoms with van der Waals surface area (Å²) in [6.45, 7) is 6.51. The summed E-state index contributed by atoms with van der Waals surface area (Å²) in [6, 6.07) is 10.3. The van der Waals surface area contributed by atoms with Gasteiger partial charge in [-0.15, -0.1) is 0 Å². The zero-order valence-corrected chi connectivity index (χ0v) is 18.9. The topological polar surface area (TPSA) is 82.5 Å². The number of carbonyl (C=O) groups excluding carboxylic acids is 1. The molecule has 1 N–H and O–H groups in total. The Hall–Kier alpha value is -2.71. The molecule has 0 saturated carbocycles. The van der Waals surface area contributed by atoms with Gasteiger partial charge in [0.05, 0.1) is 16.2 Å². The van der Waals surface area contributed by atoms with E-state index in [4.69, 9.17) is 21.1 Å². The van der Waals surface area contributed by atoms with Crippen molar-refractivity contribution in [3.05, 3.63) is 51.8 Å². The van der Waals surface area contributed by atoms with Crippen LogP contribution in [0.4, 0.5) is 5.69 Å². The van der Waals surface area contributed by atoms with E-state index in [0.29, 0.717) is 44.8 Å². The Morgan fingerprint density at radius 1 is 1.19 bits per heavy atom. The second-order valence-electron chi connectivity index (χ2n) is 7.68. The molecule has 2 heterocycles. The van der Waals surface area contributed by atoms with Gasteiger partial charge in [0, 0.05) is 23.3 Å². The van der Waals surface area contributed by atoms with Crippen molar-refractivity contribution in [3.8, 4) is 11.5 Å². The van der Waals surface area contributed by atoms with Gasteiger partial charge in [-0.3, -0.25) is 14.2 Å². The van der Waals surface area contributed by atoms with Crippen LogP contribution in [0.3, 0.4) is 0 Å². The number of fused-ring (bicyclic) bond motifs is 2. The summed E-state index contributed by atoms with van der Waals surface area (Å²) in [7, 11) is 0. The molecule has 1 amide bonds. The van der Waals surface area contributed by atoms with Gasteiger partial charge in [-0.1, -0.05) is 37.2 Å². The molecule has 3 aromatic rings. The number of rotatable bonds is 6. The number of benzene rings is 2. The van der Waals surface area contributed by atoms with Crippen molar-refractivity contribution in [2.75, 3.05) is 12.1 Å². The van der Waals surface area contributed by atoms with E-state index in [1.807, 2.05) is 13.8 Å². The second kappa shape index (κ2) is 8.80. The lowest BCUT2D eigenvalue weighted by molar-refractivity contribution is -0.115. The fraction of sp³-hybridized carbons (Fsp3) is 0.318. The van der Waals surface area contributed by atoms with E-state index in [-0.39, 0.29) is 24.2 Å².